The smallest absolute Gasteiger partial charge is 0.133 e. The molecule has 1 N–H and O–H groups in total. The molecule has 1 aliphatic heterocycles. The number of benzene rings is 1. The summed E-state index contributed by atoms with van der Waals surface area (Å²) in [6.45, 7) is 6.32. The Hall–Kier alpha value is -1.82. The van der Waals surface area contributed by atoms with Gasteiger partial charge in [0.05, 0.1) is 11.5 Å². The summed E-state index contributed by atoms with van der Waals surface area (Å²) in [6.07, 6.45) is 2.68. The van der Waals surface area contributed by atoms with E-state index >= 15 is 0 Å². The lowest BCUT2D eigenvalue weighted by Crippen LogP contribution is -2.25. The highest BCUT2D eigenvalue weighted by Gasteiger charge is 2.25. The van der Waals surface area contributed by atoms with Crippen LogP contribution in [-0.2, 0) is 11.8 Å². The standard InChI is InChI=1S/C15H17FN2/c1-4-13-14-10(5-6-18-13)7-11(8-12(14)16)15(2,3)9-17/h4,7-8,18H,5-6H2,1-3H3/b13-4-. The number of nitrogens with zero attached hydrogens (tertiary/aromatic N) is 1. The van der Waals surface area contributed by atoms with Crippen molar-refractivity contribution < 1.29 is 4.39 Å². The largest absolute Gasteiger partial charge is 0.384 e. The maximum atomic E-state index is 14.2. The fourth-order valence-electron chi connectivity index (χ4n) is 2.25. The Morgan fingerprint density at radius 2 is 2.17 bits per heavy atom. The molecule has 3 heteroatoms. The van der Waals surface area contributed by atoms with Crippen LogP contribution in [0.1, 0.15) is 37.5 Å². The lowest BCUT2D eigenvalue weighted by Gasteiger charge is -2.25. The molecule has 0 radical (unpaired) electrons. The number of hydrogen-bond acceptors (Lipinski definition) is 2. The van der Waals surface area contributed by atoms with Gasteiger partial charge in [0, 0.05) is 17.8 Å². The number of fused-ring (bicyclic) bond motifs is 1. The predicted molar refractivity (Wildman–Crippen MR) is 70.4 cm³/mol. The van der Waals surface area contributed by atoms with Crippen molar-refractivity contribution in [3.8, 4) is 6.07 Å². The summed E-state index contributed by atoms with van der Waals surface area (Å²) in [4.78, 5) is 0. The Balaban J connectivity index is 2.61. The summed E-state index contributed by atoms with van der Waals surface area (Å²) in [5.41, 5.74) is 2.58. The molecule has 1 aromatic carbocycles. The summed E-state index contributed by atoms with van der Waals surface area (Å²) in [5.74, 6) is -0.244. The highest BCUT2D eigenvalue weighted by molar-refractivity contribution is 5.69. The summed E-state index contributed by atoms with van der Waals surface area (Å²) in [5, 5.41) is 12.3. The third-order valence-corrected chi connectivity index (χ3v) is 3.44. The molecule has 0 fully saturated rings. The molecule has 2 nitrogen and oxygen atoms in total. The van der Waals surface area contributed by atoms with Crippen LogP contribution in [0, 0.1) is 17.1 Å². The molecular weight excluding hydrogens is 227 g/mol. The summed E-state index contributed by atoms with van der Waals surface area (Å²) >= 11 is 0. The molecule has 18 heavy (non-hydrogen) atoms. The summed E-state index contributed by atoms with van der Waals surface area (Å²) in [6, 6.07) is 5.67. The SMILES string of the molecule is C/C=C1\NCCc2cc(C(C)(C)C#N)cc(F)c21. The van der Waals surface area contributed by atoms with E-state index in [-0.39, 0.29) is 5.82 Å². The second-order valence-corrected chi connectivity index (χ2v) is 5.11. The first-order valence-corrected chi connectivity index (χ1v) is 6.14. The fraction of sp³-hybridized carbons (Fsp3) is 0.400. The van der Waals surface area contributed by atoms with E-state index in [1.807, 2.05) is 32.9 Å². The van der Waals surface area contributed by atoms with Gasteiger partial charge in [0.15, 0.2) is 0 Å². The fourth-order valence-corrected chi connectivity index (χ4v) is 2.25. The van der Waals surface area contributed by atoms with E-state index in [0.29, 0.717) is 5.56 Å². The van der Waals surface area contributed by atoms with Crippen molar-refractivity contribution in [1.82, 2.24) is 5.32 Å². The van der Waals surface area contributed by atoms with Gasteiger partial charge in [-0.15, -0.1) is 0 Å². The molecule has 0 amide bonds. The molecule has 0 saturated heterocycles. The van der Waals surface area contributed by atoms with E-state index in [9.17, 15) is 4.39 Å². The Kier molecular flexibility index (Phi) is 3.13. The Morgan fingerprint density at radius 1 is 1.44 bits per heavy atom. The van der Waals surface area contributed by atoms with E-state index < -0.39 is 5.41 Å². The molecule has 0 unspecified atom stereocenters. The maximum absolute atomic E-state index is 14.2. The van der Waals surface area contributed by atoms with Crippen LogP contribution in [0.5, 0.6) is 0 Å². The van der Waals surface area contributed by atoms with Crippen molar-refractivity contribution in [3.05, 3.63) is 40.7 Å². The normalized spacial score (nSPS) is 16.9. The molecule has 1 aliphatic rings. The van der Waals surface area contributed by atoms with Gasteiger partial charge in [-0.05, 0) is 44.4 Å². The predicted octanol–water partition coefficient (Wildman–Crippen LogP) is 3.13. The van der Waals surface area contributed by atoms with Crippen LogP contribution in [0.25, 0.3) is 5.70 Å². The molecule has 1 heterocycles. The van der Waals surface area contributed by atoms with Gasteiger partial charge in [-0.2, -0.15) is 5.26 Å². The molecule has 0 saturated carbocycles. The Bertz CT molecular complexity index is 550. The van der Waals surface area contributed by atoms with E-state index in [1.54, 1.807) is 0 Å². The minimum Gasteiger partial charge on any atom is -0.384 e. The van der Waals surface area contributed by atoms with Crippen LogP contribution in [0.2, 0.25) is 0 Å². The quantitative estimate of drug-likeness (QED) is 0.823. The third kappa shape index (κ3) is 1.99. The molecule has 2 rings (SSSR count). The molecule has 94 valence electrons. The number of allylic oxidation sites excluding steroid dienone is 1. The van der Waals surface area contributed by atoms with Crippen LogP contribution in [0.3, 0.4) is 0 Å². The number of nitriles is 1. The lowest BCUT2D eigenvalue weighted by atomic mass is 9.83. The van der Waals surface area contributed by atoms with Gasteiger partial charge >= 0.3 is 0 Å². The first kappa shape index (κ1) is 12.6. The Labute approximate surface area is 107 Å². The monoisotopic (exact) mass is 244 g/mol. The molecule has 0 aliphatic carbocycles. The number of nitrogens with one attached hydrogen (secondary N) is 1. The summed E-state index contributed by atoms with van der Waals surface area (Å²) in [7, 11) is 0. The third-order valence-electron chi connectivity index (χ3n) is 3.44. The number of halogens is 1. The van der Waals surface area contributed by atoms with E-state index in [2.05, 4.69) is 11.4 Å². The molecule has 0 bridgehead atoms. The van der Waals surface area contributed by atoms with Crippen molar-refractivity contribution in [2.75, 3.05) is 6.54 Å². The van der Waals surface area contributed by atoms with E-state index in [0.717, 1.165) is 29.8 Å². The maximum Gasteiger partial charge on any atom is 0.133 e. The van der Waals surface area contributed by atoms with Crippen molar-refractivity contribution in [3.63, 3.8) is 0 Å². The van der Waals surface area contributed by atoms with Crippen molar-refractivity contribution >= 4 is 5.70 Å². The van der Waals surface area contributed by atoms with E-state index in [1.165, 1.54) is 6.07 Å². The lowest BCUT2D eigenvalue weighted by molar-refractivity contribution is 0.599. The highest BCUT2D eigenvalue weighted by atomic mass is 19.1. The van der Waals surface area contributed by atoms with Crippen LogP contribution >= 0.6 is 0 Å². The van der Waals surface area contributed by atoms with Gasteiger partial charge in [-0.25, -0.2) is 4.39 Å². The van der Waals surface area contributed by atoms with Gasteiger partial charge in [0.1, 0.15) is 5.82 Å². The van der Waals surface area contributed by atoms with Gasteiger partial charge in [0.25, 0.3) is 0 Å². The molecule has 0 aromatic heterocycles. The van der Waals surface area contributed by atoms with Crippen LogP contribution in [0.4, 0.5) is 4.39 Å². The second kappa shape index (κ2) is 4.45. The van der Waals surface area contributed by atoms with Gasteiger partial charge in [-0.3, -0.25) is 0 Å². The zero-order chi connectivity index (χ0) is 13.3. The molecular formula is C15H17FN2. The van der Waals surface area contributed by atoms with Crippen molar-refractivity contribution in [2.24, 2.45) is 0 Å². The number of hydrogen-bond donors (Lipinski definition) is 1. The Morgan fingerprint density at radius 3 is 2.78 bits per heavy atom. The van der Waals surface area contributed by atoms with E-state index in [4.69, 9.17) is 5.26 Å². The first-order chi connectivity index (χ1) is 8.49. The first-order valence-electron chi connectivity index (χ1n) is 6.14. The highest BCUT2D eigenvalue weighted by Crippen LogP contribution is 2.31. The average Bonchev–Trinajstić information content (AvgIpc) is 2.37. The van der Waals surface area contributed by atoms with Crippen molar-refractivity contribution in [2.45, 2.75) is 32.6 Å². The van der Waals surface area contributed by atoms with Crippen molar-refractivity contribution in [1.29, 1.82) is 5.26 Å². The zero-order valence-electron chi connectivity index (χ0n) is 11.0. The van der Waals surface area contributed by atoms with Crippen LogP contribution in [-0.4, -0.2) is 6.54 Å². The molecule has 1 aromatic rings. The minimum atomic E-state index is -0.656. The topological polar surface area (TPSA) is 35.8 Å². The molecule has 0 atom stereocenters. The van der Waals surface area contributed by atoms with Gasteiger partial charge < -0.3 is 5.32 Å². The second-order valence-electron chi connectivity index (χ2n) is 5.11. The van der Waals surface area contributed by atoms with Crippen LogP contribution in [0.15, 0.2) is 18.2 Å². The van der Waals surface area contributed by atoms with Gasteiger partial charge in [0.2, 0.25) is 0 Å². The zero-order valence-corrected chi connectivity index (χ0v) is 11.0. The van der Waals surface area contributed by atoms with Crippen LogP contribution < -0.4 is 5.32 Å². The van der Waals surface area contributed by atoms with Gasteiger partial charge in [-0.1, -0.05) is 12.1 Å². The number of rotatable bonds is 1. The average molecular weight is 244 g/mol. The molecule has 0 spiro atoms. The minimum absolute atomic E-state index is 0.244. The summed E-state index contributed by atoms with van der Waals surface area (Å²) < 4.78 is 14.2.